The van der Waals surface area contributed by atoms with Crippen molar-refractivity contribution in [2.75, 3.05) is 0 Å². The molecule has 0 fully saturated rings. The van der Waals surface area contributed by atoms with Crippen LogP contribution in [-0.2, 0) is 0 Å². The van der Waals surface area contributed by atoms with E-state index in [1.165, 1.54) is 75.8 Å². The predicted molar refractivity (Wildman–Crippen MR) is 283 cm³/mol. The molecule has 0 atom stereocenters. The quantitative estimate of drug-likeness (QED) is 0.174. The minimum Gasteiger partial charge on any atom is -0.278 e. The van der Waals surface area contributed by atoms with Crippen LogP contribution in [0.25, 0.3) is 143 Å². The number of nitrogens with zero attached hydrogens (tertiary/aromatic N) is 6. The molecular formula is C62H36N6. The molecule has 4 heterocycles. The minimum atomic E-state index is 0.861. The lowest BCUT2D eigenvalue weighted by Gasteiger charge is -2.20. The van der Waals surface area contributed by atoms with Gasteiger partial charge in [0.1, 0.15) is 0 Å². The van der Waals surface area contributed by atoms with Crippen molar-refractivity contribution in [1.82, 2.24) is 27.9 Å². The average Bonchev–Trinajstić information content (AvgIpc) is 4.14. The highest BCUT2D eigenvalue weighted by molar-refractivity contribution is 6.31. The van der Waals surface area contributed by atoms with E-state index in [4.69, 9.17) is 9.97 Å². The van der Waals surface area contributed by atoms with Crippen LogP contribution in [0, 0.1) is 0 Å². The number of rotatable bonds is 2. The third-order valence-electron chi connectivity index (χ3n) is 14.7. The highest BCUT2D eigenvalue weighted by Crippen LogP contribution is 2.47. The summed E-state index contributed by atoms with van der Waals surface area (Å²) in [6.07, 6.45) is 0. The smallest absolute Gasteiger partial charge is 0.220 e. The van der Waals surface area contributed by atoms with Crippen LogP contribution in [0.1, 0.15) is 0 Å². The van der Waals surface area contributed by atoms with E-state index in [-0.39, 0.29) is 0 Å². The molecule has 10 aromatic carbocycles. The first-order valence-electron chi connectivity index (χ1n) is 23.3. The van der Waals surface area contributed by atoms with Gasteiger partial charge in [0.15, 0.2) is 0 Å². The van der Waals surface area contributed by atoms with Gasteiger partial charge in [0.05, 0.1) is 49.8 Å². The van der Waals surface area contributed by atoms with Gasteiger partial charge in [-0.15, -0.1) is 0 Å². The summed E-state index contributed by atoms with van der Waals surface area (Å²) in [6, 6.07) is 80.0. The van der Waals surface area contributed by atoms with E-state index in [9.17, 15) is 0 Å². The Morgan fingerprint density at radius 1 is 0.235 bits per heavy atom. The van der Waals surface area contributed by atoms with Crippen molar-refractivity contribution in [2.45, 2.75) is 0 Å². The molecule has 0 saturated carbocycles. The first-order chi connectivity index (χ1) is 33.8. The number of imidazole rings is 4. The Hall–Kier alpha value is -9.26. The summed E-state index contributed by atoms with van der Waals surface area (Å²) in [5.74, 6) is 1.74. The van der Waals surface area contributed by atoms with Gasteiger partial charge in [-0.2, -0.15) is 0 Å². The monoisotopic (exact) mass is 864 g/mol. The Bertz CT molecular complexity index is 4870. The lowest BCUT2D eigenvalue weighted by Crippen LogP contribution is -1.97. The first kappa shape index (κ1) is 36.0. The van der Waals surface area contributed by atoms with E-state index in [2.05, 4.69) is 236 Å². The molecule has 0 spiro atoms. The molecule has 314 valence electrons. The minimum absolute atomic E-state index is 0.861. The molecule has 0 amide bonds. The van der Waals surface area contributed by atoms with Crippen LogP contribution >= 0.6 is 0 Å². The van der Waals surface area contributed by atoms with Crippen molar-refractivity contribution < 1.29 is 0 Å². The van der Waals surface area contributed by atoms with E-state index < -0.39 is 0 Å². The Morgan fingerprint density at radius 3 is 1.12 bits per heavy atom. The number of benzene rings is 10. The van der Waals surface area contributed by atoms with Crippen LogP contribution < -0.4 is 0 Å². The number of hydrogen-bond donors (Lipinski definition) is 0. The van der Waals surface area contributed by atoms with E-state index in [1.54, 1.807) is 0 Å². The molecule has 16 rings (SSSR count). The van der Waals surface area contributed by atoms with Gasteiger partial charge >= 0.3 is 0 Å². The molecule has 0 saturated heterocycles. The summed E-state index contributed by atoms with van der Waals surface area (Å²) in [4.78, 5) is 10.6. The summed E-state index contributed by atoms with van der Waals surface area (Å²) in [7, 11) is 0. The van der Waals surface area contributed by atoms with Crippen LogP contribution in [0.2, 0.25) is 0 Å². The van der Waals surface area contributed by atoms with Crippen molar-refractivity contribution >= 4 is 120 Å². The zero-order chi connectivity index (χ0) is 44.2. The highest BCUT2D eigenvalue weighted by atomic mass is 15.2. The van der Waals surface area contributed by atoms with E-state index in [0.29, 0.717) is 0 Å². The van der Waals surface area contributed by atoms with Crippen LogP contribution in [0.3, 0.4) is 0 Å². The second-order valence-corrected chi connectivity index (χ2v) is 18.1. The molecule has 0 aliphatic heterocycles. The van der Waals surface area contributed by atoms with Gasteiger partial charge in [0.2, 0.25) is 11.6 Å². The standard InChI is InChI=1S/C62H36N6/c1-4-18-42-39(15-1)40-16-2-5-19-43(40)48-23-14-24-49-50-35-37(31-33-45(50)41-17-3-6-20-44(41)47-22-13-21-46(42)59(47)60(48)49)65-57-34-32-38(36-58(57)68-54-28-10-8-26-52(54)64-62(65)68)66-55-29-11-12-30-56(55)67-53-27-9-7-25-51(53)63-61(66)67/h1-36H. The molecule has 6 heteroatoms. The second kappa shape index (κ2) is 13.2. The second-order valence-electron chi connectivity index (χ2n) is 18.1. The van der Waals surface area contributed by atoms with Crippen LogP contribution in [0.5, 0.6) is 0 Å². The van der Waals surface area contributed by atoms with Gasteiger partial charge in [0.25, 0.3) is 0 Å². The normalized spacial score (nSPS) is 12.4. The SMILES string of the molecule is c1ccc2c(c1)nc1n(-c3ccc4c(c3)n3c5ccccc5nc3n4-c3ccc4c(c3)c3cccc5c3-c3c(cccc3c3ccccc34)c3ccccc3c3ccccc53)c3ccccc3n21. The Kier molecular flexibility index (Phi) is 6.98. The summed E-state index contributed by atoms with van der Waals surface area (Å²) in [5, 5.41) is 14.7. The number of fused-ring (bicyclic) bond motifs is 20. The molecule has 0 bridgehead atoms. The number of aromatic nitrogens is 6. The molecule has 2 aliphatic rings. The molecule has 2 aliphatic carbocycles. The maximum absolute atomic E-state index is 5.41. The Labute approximate surface area is 387 Å². The summed E-state index contributed by atoms with van der Waals surface area (Å²) >= 11 is 0. The molecule has 4 aromatic heterocycles. The summed E-state index contributed by atoms with van der Waals surface area (Å²) in [5.41, 5.74) is 13.0. The summed E-state index contributed by atoms with van der Waals surface area (Å²) < 4.78 is 9.27. The molecule has 0 unspecified atom stereocenters. The first-order valence-corrected chi connectivity index (χ1v) is 23.3. The zero-order valence-electron chi connectivity index (χ0n) is 36.5. The van der Waals surface area contributed by atoms with E-state index in [1.807, 2.05) is 0 Å². The third kappa shape index (κ3) is 4.65. The average molecular weight is 865 g/mol. The highest BCUT2D eigenvalue weighted by Gasteiger charge is 2.23. The van der Waals surface area contributed by atoms with E-state index in [0.717, 1.165) is 67.1 Å². The largest absolute Gasteiger partial charge is 0.278 e. The van der Waals surface area contributed by atoms with Crippen molar-refractivity contribution in [3.8, 4) is 22.5 Å². The van der Waals surface area contributed by atoms with Crippen molar-refractivity contribution in [3.63, 3.8) is 0 Å². The number of para-hydroxylation sites is 6. The molecule has 6 nitrogen and oxygen atoms in total. The van der Waals surface area contributed by atoms with Crippen LogP contribution in [0.4, 0.5) is 0 Å². The van der Waals surface area contributed by atoms with Crippen molar-refractivity contribution in [3.05, 3.63) is 218 Å². The lowest BCUT2D eigenvalue weighted by atomic mass is 9.84. The Balaban J connectivity index is 1.05. The van der Waals surface area contributed by atoms with Gasteiger partial charge in [-0.25, -0.2) is 9.97 Å². The molecular weight excluding hydrogens is 829 g/mol. The van der Waals surface area contributed by atoms with Gasteiger partial charge < -0.3 is 0 Å². The number of hydrogen-bond acceptors (Lipinski definition) is 2. The molecule has 14 aromatic rings. The maximum Gasteiger partial charge on any atom is 0.220 e. The molecule has 0 N–H and O–H groups in total. The van der Waals surface area contributed by atoms with Crippen molar-refractivity contribution in [1.29, 1.82) is 0 Å². The fraction of sp³-hybridized carbons (Fsp3) is 0. The fourth-order valence-electron chi connectivity index (χ4n) is 11.9. The van der Waals surface area contributed by atoms with Gasteiger partial charge in [-0.05, 0) is 142 Å². The lowest BCUT2D eigenvalue weighted by molar-refractivity contribution is 1.11. The Morgan fingerprint density at radius 2 is 0.588 bits per heavy atom. The zero-order valence-corrected chi connectivity index (χ0v) is 36.5. The topological polar surface area (TPSA) is 44.5 Å². The maximum atomic E-state index is 5.41. The summed E-state index contributed by atoms with van der Waals surface area (Å²) in [6.45, 7) is 0. The van der Waals surface area contributed by atoms with Gasteiger partial charge in [-0.3, -0.25) is 17.9 Å². The molecule has 68 heavy (non-hydrogen) atoms. The molecule has 0 radical (unpaired) electrons. The van der Waals surface area contributed by atoms with Crippen LogP contribution in [-0.4, -0.2) is 27.9 Å². The van der Waals surface area contributed by atoms with Crippen molar-refractivity contribution in [2.24, 2.45) is 0 Å². The predicted octanol–water partition coefficient (Wildman–Crippen LogP) is 15.8. The van der Waals surface area contributed by atoms with Crippen LogP contribution in [0.15, 0.2) is 218 Å². The third-order valence-corrected chi connectivity index (χ3v) is 14.7. The fourth-order valence-corrected chi connectivity index (χ4v) is 11.9. The van der Waals surface area contributed by atoms with E-state index >= 15 is 0 Å². The van der Waals surface area contributed by atoms with Gasteiger partial charge in [-0.1, -0.05) is 152 Å². The van der Waals surface area contributed by atoms with Gasteiger partial charge in [0, 0.05) is 5.69 Å².